The van der Waals surface area contributed by atoms with Gasteiger partial charge in [-0.15, -0.1) is 10.2 Å². The number of hydrogen-bond acceptors (Lipinski definition) is 6. The van der Waals surface area contributed by atoms with Crippen LogP contribution in [0.1, 0.15) is 22.8 Å². The fourth-order valence-electron chi connectivity index (χ4n) is 2.32. The van der Waals surface area contributed by atoms with Gasteiger partial charge in [-0.2, -0.15) is 8.42 Å². The van der Waals surface area contributed by atoms with Crippen LogP contribution in [0, 0.1) is 0 Å². The molecule has 3 rings (SSSR count). The molecule has 0 unspecified atom stereocenters. The minimum atomic E-state index is -3.94. The van der Waals surface area contributed by atoms with Gasteiger partial charge in [-0.1, -0.05) is 59.7 Å². The van der Waals surface area contributed by atoms with Crippen molar-refractivity contribution in [3.63, 3.8) is 0 Å². The molecule has 1 aromatic heterocycles. The molecule has 0 aliphatic carbocycles. The van der Waals surface area contributed by atoms with Gasteiger partial charge in [-0.3, -0.25) is 14.8 Å². The number of nitrogens with one attached hydrogen (secondary N) is 2. The van der Waals surface area contributed by atoms with E-state index >= 15 is 0 Å². The molecule has 0 saturated carbocycles. The van der Waals surface area contributed by atoms with E-state index in [9.17, 15) is 13.2 Å². The molecule has 0 atom stereocenters. The molecule has 1 heterocycles. The van der Waals surface area contributed by atoms with Crippen LogP contribution in [0.15, 0.2) is 46.8 Å². The number of anilines is 2. The lowest BCUT2D eigenvalue weighted by molar-refractivity contribution is 0.102. The van der Waals surface area contributed by atoms with E-state index in [2.05, 4.69) is 20.2 Å². The molecule has 0 fully saturated rings. The van der Waals surface area contributed by atoms with Crippen molar-refractivity contribution in [3.8, 4) is 0 Å². The second kappa shape index (κ2) is 8.44. The van der Waals surface area contributed by atoms with Crippen LogP contribution in [0.3, 0.4) is 0 Å². The Morgan fingerprint density at radius 3 is 2.61 bits per heavy atom. The molecule has 0 aliphatic heterocycles. The number of sulfonamides is 1. The predicted octanol–water partition coefficient (Wildman–Crippen LogP) is 4.46. The molecule has 28 heavy (non-hydrogen) atoms. The number of aryl methyl sites for hydroxylation is 1. The summed E-state index contributed by atoms with van der Waals surface area (Å²) in [5, 5.41) is 10.5. The lowest BCUT2D eigenvalue weighted by atomic mass is 10.1. The van der Waals surface area contributed by atoms with Gasteiger partial charge in [0.1, 0.15) is 0 Å². The summed E-state index contributed by atoms with van der Waals surface area (Å²) in [5.74, 6) is -0.550. The standard InChI is InChI=1S/C17H14Cl2N4O3S2/c1-2-10-5-3-4-6-14(10)23-28(25,26)17-22-21-16(27-17)20-15(24)12-8-7-11(18)9-13(12)19/h3-9,23H,2H2,1H3,(H,20,21,24). The topological polar surface area (TPSA) is 101 Å². The van der Waals surface area contributed by atoms with Gasteiger partial charge in [0, 0.05) is 5.02 Å². The first-order valence-electron chi connectivity index (χ1n) is 8.01. The Morgan fingerprint density at radius 2 is 1.89 bits per heavy atom. The molecular weight excluding hydrogens is 443 g/mol. The summed E-state index contributed by atoms with van der Waals surface area (Å²) in [6, 6.07) is 11.5. The largest absolute Gasteiger partial charge is 0.296 e. The molecule has 0 radical (unpaired) electrons. The maximum Gasteiger partial charge on any atom is 0.291 e. The number of rotatable bonds is 6. The third-order valence-corrected chi connectivity index (χ3v) is 6.79. The fraction of sp³-hybridized carbons (Fsp3) is 0.118. The summed E-state index contributed by atoms with van der Waals surface area (Å²) >= 11 is 12.5. The molecule has 2 N–H and O–H groups in total. The van der Waals surface area contributed by atoms with Crippen molar-refractivity contribution >= 4 is 61.3 Å². The van der Waals surface area contributed by atoms with Gasteiger partial charge < -0.3 is 0 Å². The highest BCUT2D eigenvalue weighted by Gasteiger charge is 2.22. The molecule has 11 heteroatoms. The number of aromatic nitrogens is 2. The Hall–Kier alpha value is -2.20. The third-order valence-electron chi connectivity index (χ3n) is 3.68. The monoisotopic (exact) mass is 456 g/mol. The normalized spacial score (nSPS) is 11.2. The summed E-state index contributed by atoms with van der Waals surface area (Å²) in [7, 11) is -3.94. The van der Waals surface area contributed by atoms with Crippen LogP contribution >= 0.6 is 34.5 Å². The van der Waals surface area contributed by atoms with Gasteiger partial charge in [0.15, 0.2) is 0 Å². The van der Waals surface area contributed by atoms with Gasteiger partial charge in [0.2, 0.25) is 5.13 Å². The number of carbonyl (C=O) groups is 1. The quantitative estimate of drug-likeness (QED) is 0.533. The summed E-state index contributed by atoms with van der Waals surface area (Å²) in [6.07, 6.45) is 0.665. The smallest absolute Gasteiger partial charge is 0.291 e. The first-order chi connectivity index (χ1) is 13.3. The predicted molar refractivity (Wildman–Crippen MR) is 111 cm³/mol. The summed E-state index contributed by atoms with van der Waals surface area (Å²) < 4.78 is 27.4. The first-order valence-corrected chi connectivity index (χ1v) is 11.1. The number of hydrogen-bond donors (Lipinski definition) is 2. The number of amides is 1. The van der Waals surface area contributed by atoms with Crippen molar-refractivity contribution in [2.45, 2.75) is 17.7 Å². The maximum atomic E-state index is 12.6. The summed E-state index contributed by atoms with van der Waals surface area (Å²) in [5.41, 5.74) is 1.50. The van der Waals surface area contributed by atoms with Gasteiger partial charge in [0.05, 0.1) is 16.3 Å². The number of nitrogens with zero attached hydrogens (tertiary/aromatic N) is 2. The molecule has 0 saturated heterocycles. The SMILES string of the molecule is CCc1ccccc1NS(=O)(=O)c1nnc(NC(=O)c2ccc(Cl)cc2Cl)s1. The van der Waals surface area contributed by atoms with Crippen LogP contribution in [0.25, 0.3) is 0 Å². The van der Waals surface area contributed by atoms with E-state index in [4.69, 9.17) is 23.2 Å². The Morgan fingerprint density at radius 1 is 1.14 bits per heavy atom. The zero-order valence-electron chi connectivity index (χ0n) is 14.4. The van der Waals surface area contributed by atoms with Gasteiger partial charge >= 0.3 is 0 Å². The third kappa shape index (κ3) is 4.61. The van der Waals surface area contributed by atoms with Crippen LogP contribution < -0.4 is 10.0 Å². The molecule has 3 aromatic rings. The van der Waals surface area contributed by atoms with Gasteiger partial charge in [-0.25, -0.2) is 0 Å². The number of carbonyl (C=O) groups excluding carboxylic acids is 1. The average molecular weight is 457 g/mol. The number of para-hydroxylation sites is 1. The molecule has 7 nitrogen and oxygen atoms in total. The van der Waals surface area contributed by atoms with Crippen LogP contribution in [-0.2, 0) is 16.4 Å². The second-order valence-electron chi connectivity index (χ2n) is 5.57. The fourth-order valence-corrected chi connectivity index (χ4v) is 4.82. The first kappa shape index (κ1) is 20.5. The van der Waals surface area contributed by atoms with Crippen LogP contribution in [0.4, 0.5) is 10.8 Å². The van der Waals surface area contributed by atoms with Crippen LogP contribution in [0.2, 0.25) is 10.0 Å². The van der Waals surface area contributed by atoms with Crippen molar-refractivity contribution in [2.24, 2.45) is 0 Å². The minimum Gasteiger partial charge on any atom is -0.296 e. The zero-order chi connectivity index (χ0) is 20.3. The van der Waals surface area contributed by atoms with Crippen LogP contribution in [0.5, 0.6) is 0 Å². The van der Waals surface area contributed by atoms with Crippen molar-refractivity contribution in [1.29, 1.82) is 0 Å². The average Bonchev–Trinajstić information content (AvgIpc) is 3.11. The van der Waals surface area contributed by atoms with Gasteiger partial charge in [0.25, 0.3) is 20.3 Å². The molecule has 2 aromatic carbocycles. The highest BCUT2D eigenvalue weighted by molar-refractivity contribution is 7.94. The summed E-state index contributed by atoms with van der Waals surface area (Å²) in [6.45, 7) is 1.92. The van der Waals surface area contributed by atoms with Crippen LogP contribution in [-0.4, -0.2) is 24.5 Å². The molecule has 146 valence electrons. The second-order valence-corrected chi connectivity index (χ2v) is 9.24. The van der Waals surface area contributed by atoms with E-state index in [1.807, 2.05) is 19.1 Å². The zero-order valence-corrected chi connectivity index (χ0v) is 17.6. The molecule has 0 aliphatic rings. The van der Waals surface area contributed by atoms with E-state index in [0.29, 0.717) is 17.1 Å². The number of halogens is 2. The van der Waals surface area contributed by atoms with Crippen molar-refractivity contribution in [2.75, 3.05) is 10.0 Å². The van der Waals surface area contributed by atoms with E-state index in [1.54, 1.807) is 12.1 Å². The molecule has 0 bridgehead atoms. The molecule has 0 spiro atoms. The highest BCUT2D eigenvalue weighted by atomic mass is 35.5. The van der Waals surface area contributed by atoms with E-state index in [0.717, 1.165) is 16.9 Å². The van der Waals surface area contributed by atoms with E-state index in [-0.39, 0.29) is 20.1 Å². The van der Waals surface area contributed by atoms with Crippen molar-refractivity contribution in [3.05, 3.63) is 63.6 Å². The minimum absolute atomic E-state index is 0.0279. The van der Waals surface area contributed by atoms with E-state index < -0.39 is 15.9 Å². The Labute approximate surface area is 175 Å². The lowest BCUT2D eigenvalue weighted by Crippen LogP contribution is -2.14. The Bertz CT molecular complexity index is 1130. The van der Waals surface area contributed by atoms with Gasteiger partial charge in [-0.05, 0) is 36.2 Å². The summed E-state index contributed by atoms with van der Waals surface area (Å²) in [4.78, 5) is 12.3. The van der Waals surface area contributed by atoms with Crippen molar-refractivity contribution < 1.29 is 13.2 Å². The van der Waals surface area contributed by atoms with Crippen molar-refractivity contribution in [1.82, 2.24) is 10.2 Å². The molecule has 1 amide bonds. The maximum absolute atomic E-state index is 12.6. The van der Waals surface area contributed by atoms with E-state index in [1.165, 1.54) is 18.2 Å². The number of benzene rings is 2. The Kier molecular flexibility index (Phi) is 6.19. The Balaban J connectivity index is 1.78. The highest BCUT2D eigenvalue weighted by Crippen LogP contribution is 2.26. The molecular formula is C17H14Cl2N4O3S2. The lowest BCUT2D eigenvalue weighted by Gasteiger charge is -2.09.